The molecule has 0 aliphatic heterocycles. The van der Waals surface area contributed by atoms with Gasteiger partial charge >= 0.3 is 0 Å². The van der Waals surface area contributed by atoms with E-state index in [2.05, 4.69) is 9.82 Å². The Kier molecular flexibility index (Phi) is 4.22. The van der Waals surface area contributed by atoms with Gasteiger partial charge in [-0.25, -0.2) is 8.42 Å². The normalized spacial score (nSPS) is 11.4. The molecule has 0 bridgehead atoms. The van der Waals surface area contributed by atoms with Crippen molar-refractivity contribution in [1.29, 1.82) is 0 Å². The van der Waals surface area contributed by atoms with E-state index in [4.69, 9.17) is 4.74 Å². The molecule has 2 rings (SSSR count). The number of sulfonamides is 1. The monoisotopic (exact) mass is 309 g/mol. The summed E-state index contributed by atoms with van der Waals surface area (Å²) in [7, 11) is -2.19. The van der Waals surface area contributed by atoms with Crippen molar-refractivity contribution in [3.63, 3.8) is 0 Å². The smallest absolute Gasteiger partial charge is 0.265 e. The molecule has 7 heteroatoms. The molecule has 1 aromatic carbocycles. The number of rotatable bonds is 5. The van der Waals surface area contributed by atoms with Crippen LogP contribution >= 0.6 is 0 Å². The lowest BCUT2D eigenvalue weighted by Gasteiger charge is -2.12. The Morgan fingerprint density at radius 3 is 2.62 bits per heavy atom. The molecule has 114 valence electrons. The highest BCUT2D eigenvalue weighted by atomic mass is 32.2. The summed E-state index contributed by atoms with van der Waals surface area (Å²) in [6.45, 7) is 6.08. The molecule has 0 spiro atoms. The summed E-state index contributed by atoms with van der Waals surface area (Å²) in [5.74, 6) is 0.477. The van der Waals surface area contributed by atoms with E-state index >= 15 is 0 Å². The Morgan fingerprint density at radius 1 is 1.33 bits per heavy atom. The second kappa shape index (κ2) is 5.77. The van der Waals surface area contributed by atoms with Crippen LogP contribution in [0.2, 0.25) is 0 Å². The van der Waals surface area contributed by atoms with Crippen molar-refractivity contribution in [2.75, 3.05) is 11.8 Å². The molecule has 1 heterocycles. The topological polar surface area (TPSA) is 73.2 Å². The summed E-state index contributed by atoms with van der Waals surface area (Å²) < 4.78 is 34.4. The van der Waals surface area contributed by atoms with E-state index in [0.717, 1.165) is 5.56 Å². The number of hydrogen-bond acceptors (Lipinski definition) is 4. The Bertz CT molecular complexity index is 751. The Balaban J connectivity index is 2.41. The van der Waals surface area contributed by atoms with Crippen LogP contribution in [0.5, 0.6) is 5.75 Å². The van der Waals surface area contributed by atoms with Gasteiger partial charge in [0.25, 0.3) is 10.0 Å². The summed E-state index contributed by atoms with van der Waals surface area (Å²) in [4.78, 5) is 0.174. The zero-order valence-electron chi connectivity index (χ0n) is 12.5. The van der Waals surface area contributed by atoms with Gasteiger partial charge in [0.2, 0.25) is 0 Å². The van der Waals surface area contributed by atoms with Crippen molar-refractivity contribution < 1.29 is 13.2 Å². The number of aryl methyl sites for hydroxylation is 3. The van der Waals surface area contributed by atoms with Crippen LogP contribution in [-0.4, -0.2) is 25.3 Å². The van der Waals surface area contributed by atoms with E-state index in [1.165, 1.54) is 13.3 Å². The molecule has 1 N–H and O–H groups in total. The molecule has 0 atom stereocenters. The van der Waals surface area contributed by atoms with E-state index in [1.54, 1.807) is 23.7 Å². The highest BCUT2D eigenvalue weighted by Gasteiger charge is 2.21. The van der Waals surface area contributed by atoms with E-state index in [9.17, 15) is 8.42 Å². The van der Waals surface area contributed by atoms with Gasteiger partial charge in [0.05, 0.1) is 18.5 Å². The minimum atomic E-state index is -3.70. The number of hydrogen-bond donors (Lipinski definition) is 1. The first-order valence-electron chi connectivity index (χ1n) is 6.59. The number of methoxy groups -OCH3 is 1. The maximum absolute atomic E-state index is 12.5. The molecule has 0 radical (unpaired) electrons. The van der Waals surface area contributed by atoms with Crippen molar-refractivity contribution in [3.8, 4) is 5.75 Å². The Labute approximate surface area is 124 Å². The van der Waals surface area contributed by atoms with Crippen molar-refractivity contribution >= 4 is 15.7 Å². The molecule has 2 aromatic rings. The Morgan fingerprint density at radius 2 is 2.05 bits per heavy atom. The predicted molar refractivity (Wildman–Crippen MR) is 81.2 cm³/mol. The van der Waals surface area contributed by atoms with Gasteiger partial charge in [-0.2, -0.15) is 5.10 Å². The lowest BCUT2D eigenvalue weighted by Crippen LogP contribution is -2.14. The number of benzene rings is 1. The number of anilines is 1. The number of aromatic nitrogens is 2. The summed E-state index contributed by atoms with van der Waals surface area (Å²) >= 11 is 0. The van der Waals surface area contributed by atoms with Gasteiger partial charge in [-0.15, -0.1) is 0 Å². The quantitative estimate of drug-likeness (QED) is 0.920. The van der Waals surface area contributed by atoms with Crippen LogP contribution in [0.25, 0.3) is 0 Å². The molecule has 1 aromatic heterocycles. The Hall–Kier alpha value is -2.02. The molecule has 0 saturated carbocycles. The van der Waals surface area contributed by atoms with Crippen LogP contribution in [0.15, 0.2) is 29.3 Å². The fourth-order valence-electron chi connectivity index (χ4n) is 2.03. The summed E-state index contributed by atoms with van der Waals surface area (Å²) in [6.07, 6.45) is 1.53. The maximum atomic E-state index is 12.5. The van der Waals surface area contributed by atoms with Crippen molar-refractivity contribution in [3.05, 3.63) is 35.7 Å². The highest BCUT2D eigenvalue weighted by Crippen LogP contribution is 2.28. The van der Waals surface area contributed by atoms with Crippen LogP contribution in [0.1, 0.15) is 18.2 Å². The molecule has 0 unspecified atom stereocenters. The average molecular weight is 309 g/mol. The molecular formula is C14H19N3O3S. The molecule has 6 nitrogen and oxygen atoms in total. The van der Waals surface area contributed by atoms with Crippen LogP contribution in [-0.2, 0) is 16.6 Å². The minimum Gasteiger partial charge on any atom is -0.495 e. The van der Waals surface area contributed by atoms with Gasteiger partial charge in [0, 0.05) is 12.7 Å². The third kappa shape index (κ3) is 3.18. The summed E-state index contributed by atoms with van der Waals surface area (Å²) in [6, 6.07) is 5.32. The molecule has 0 saturated heterocycles. The van der Waals surface area contributed by atoms with Gasteiger partial charge in [-0.05, 0) is 38.5 Å². The van der Waals surface area contributed by atoms with Crippen LogP contribution in [0.3, 0.4) is 0 Å². The minimum absolute atomic E-state index is 0.174. The van der Waals surface area contributed by atoms with Crippen molar-refractivity contribution in [2.24, 2.45) is 0 Å². The van der Waals surface area contributed by atoms with Gasteiger partial charge in [-0.3, -0.25) is 9.40 Å². The van der Waals surface area contributed by atoms with Crippen LogP contribution in [0, 0.1) is 13.8 Å². The molecule has 0 amide bonds. The summed E-state index contributed by atoms with van der Waals surface area (Å²) in [5.41, 5.74) is 1.83. The van der Waals surface area contributed by atoms with Crippen molar-refractivity contribution in [2.45, 2.75) is 32.2 Å². The van der Waals surface area contributed by atoms with Gasteiger partial charge in [0.15, 0.2) is 0 Å². The fourth-order valence-corrected chi connectivity index (χ4v) is 3.28. The first-order valence-corrected chi connectivity index (χ1v) is 8.07. The average Bonchev–Trinajstić information content (AvgIpc) is 2.81. The zero-order chi connectivity index (χ0) is 15.6. The van der Waals surface area contributed by atoms with Crippen LogP contribution < -0.4 is 9.46 Å². The molecular weight excluding hydrogens is 290 g/mol. The SMILES string of the molecule is CCn1cc(S(=O)(=O)Nc2cc(C)ccc2OC)c(C)n1. The second-order valence-electron chi connectivity index (χ2n) is 4.74. The van der Waals surface area contributed by atoms with E-state index in [-0.39, 0.29) is 4.90 Å². The van der Waals surface area contributed by atoms with E-state index in [0.29, 0.717) is 23.7 Å². The molecule has 0 aliphatic rings. The van der Waals surface area contributed by atoms with Gasteiger partial charge in [0.1, 0.15) is 10.6 Å². The van der Waals surface area contributed by atoms with Crippen molar-refractivity contribution in [1.82, 2.24) is 9.78 Å². The summed E-state index contributed by atoms with van der Waals surface area (Å²) in [5, 5.41) is 4.16. The third-order valence-corrected chi connectivity index (χ3v) is 4.58. The van der Waals surface area contributed by atoms with Crippen LogP contribution in [0.4, 0.5) is 5.69 Å². The number of nitrogens with one attached hydrogen (secondary N) is 1. The zero-order valence-corrected chi connectivity index (χ0v) is 13.4. The number of ether oxygens (including phenoxy) is 1. The van der Waals surface area contributed by atoms with Gasteiger partial charge < -0.3 is 4.74 Å². The maximum Gasteiger partial charge on any atom is 0.265 e. The molecule has 0 fully saturated rings. The predicted octanol–water partition coefficient (Wildman–Crippen LogP) is 2.33. The first-order chi connectivity index (χ1) is 9.87. The standard InChI is InChI=1S/C14H19N3O3S/c1-5-17-9-14(11(3)15-17)21(18,19)16-12-8-10(2)6-7-13(12)20-4/h6-9,16H,5H2,1-4H3. The van der Waals surface area contributed by atoms with E-state index in [1.807, 2.05) is 19.9 Å². The highest BCUT2D eigenvalue weighted by molar-refractivity contribution is 7.92. The second-order valence-corrected chi connectivity index (χ2v) is 6.39. The fraction of sp³-hybridized carbons (Fsp3) is 0.357. The molecule has 21 heavy (non-hydrogen) atoms. The molecule has 0 aliphatic carbocycles. The lowest BCUT2D eigenvalue weighted by molar-refractivity contribution is 0.417. The lowest BCUT2D eigenvalue weighted by atomic mass is 10.2. The van der Waals surface area contributed by atoms with E-state index < -0.39 is 10.0 Å². The largest absolute Gasteiger partial charge is 0.495 e. The van der Waals surface area contributed by atoms with Gasteiger partial charge in [-0.1, -0.05) is 6.07 Å². The third-order valence-electron chi connectivity index (χ3n) is 3.11. The number of nitrogens with zero attached hydrogens (tertiary/aromatic N) is 2. The first kappa shape index (κ1) is 15.4.